The zero-order valence-corrected chi connectivity index (χ0v) is 11.9. The van der Waals surface area contributed by atoms with Crippen LogP contribution >= 0.6 is 11.8 Å². The lowest BCUT2D eigenvalue weighted by molar-refractivity contribution is -0.133. The quantitative estimate of drug-likeness (QED) is 0.821. The molecule has 6 heteroatoms. The van der Waals surface area contributed by atoms with Crippen LogP contribution in [0.2, 0.25) is 0 Å². The van der Waals surface area contributed by atoms with Gasteiger partial charge in [-0.2, -0.15) is 11.8 Å². The highest BCUT2D eigenvalue weighted by atomic mass is 32.2. The number of aromatic nitrogens is 2. The normalized spacial score (nSPS) is 19.4. The highest BCUT2D eigenvalue weighted by Gasteiger charge is 2.23. The van der Waals surface area contributed by atoms with E-state index in [0.29, 0.717) is 5.92 Å². The third-order valence-corrected chi connectivity index (χ3v) is 4.17. The Bertz CT molecular complexity index is 487. The molecule has 2 heterocycles. The molecule has 1 aliphatic heterocycles. The van der Waals surface area contributed by atoms with Crippen molar-refractivity contribution in [2.24, 2.45) is 5.92 Å². The summed E-state index contributed by atoms with van der Waals surface area (Å²) in [4.78, 5) is 29.2. The molecule has 5 nitrogen and oxygen atoms in total. The fraction of sp³-hybridized carbons (Fsp3) is 0.615. The Balaban J connectivity index is 1.96. The first-order chi connectivity index (χ1) is 9.20. The molecule has 0 aliphatic carbocycles. The maximum absolute atomic E-state index is 12.2. The van der Waals surface area contributed by atoms with E-state index in [9.17, 15) is 9.59 Å². The fourth-order valence-corrected chi connectivity index (χ4v) is 3.16. The van der Waals surface area contributed by atoms with Crippen molar-refractivity contribution in [3.05, 3.63) is 28.9 Å². The molecule has 1 atom stereocenters. The van der Waals surface area contributed by atoms with Crippen LogP contribution in [0.15, 0.2) is 23.3 Å². The van der Waals surface area contributed by atoms with Crippen molar-refractivity contribution in [3.8, 4) is 0 Å². The Kier molecular flexibility index (Phi) is 5.01. The molecule has 104 valence electrons. The van der Waals surface area contributed by atoms with E-state index in [-0.39, 0.29) is 18.1 Å². The van der Waals surface area contributed by atoms with Crippen molar-refractivity contribution >= 4 is 17.7 Å². The molecular weight excluding hydrogens is 262 g/mol. The molecule has 1 aromatic rings. The molecule has 0 saturated carbocycles. The topological polar surface area (TPSA) is 55.2 Å². The number of piperidine rings is 1. The number of rotatable bonds is 4. The van der Waals surface area contributed by atoms with E-state index in [1.807, 2.05) is 16.7 Å². The highest BCUT2D eigenvalue weighted by molar-refractivity contribution is 7.98. The average Bonchev–Trinajstić information content (AvgIpc) is 2.42. The summed E-state index contributed by atoms with van der Waals surface area (Å²) in [5, 5.41) is 0. The zero-order valence-electron chi connectivity index (χ0n) is 11.1. The van der Waals surface area contributed by atoms with E-state index in [4.69, 9.17) is 0 Å². The molecule has 1 saturated heterocycles. The van der Waals surface area contributed by atoms with Gasteiger partial charge in [0.15, 0.2) is 0 Å². The Morgan fingerprint density at radius 3 is 3.16 bits per heavy atom. The molecule has 0 N–H and O–H groups in total. The van der Waals surface area contributed by atoms with Gasteiger partial charge < -0.3 is 4.90 Å². The van der Waals surface area contributed by atoms with Crippen LogP contribution < -0.4 is 5.69 Å². The van der Waals surface area contributed by atoms with Gasteiger partial charge in [0.1, 0.15) is 6.54 Å². The summed E-state index contributed by atoms with van der Waals surface area (Å²) >= 11 is 1.83. The van der Waals surface area contributed by atoms with Gasteiger partial charge in [-0.3, -0.25) is 9.36 Å². The predicted octanol–water partition coefficient (Wildman–Crippen LogP) is 0.845. The van der Waals surface area contributed by atoms with Gasteiger partial charge in [0, 0.05) is 25.5 Å². The molecule has 1 aromatic heterocycles. The van der Waals surface area contributed by atoms with E-state index in [1.54, 1.807) is 12.3 Å². The average molecular weight is 281 g/mol. The van der Waals surface area contributed by atoms with Crippen molar-refractivity contribution in [1.29, 1.82) is 0 Å². The van der Waals surface area contributed by atoms with Crippen LogP contribution in [0.1, 0.15) is 12.8 Å². The molecule has 0 spiro atoms. The van der Waals surface area contributed by atoms with Crippen LogP contribution in [0.3, 0.4) is 0 Å². The third-order valence-electron chi connectivity index (χ3n) is 3.36. The van der Waals surface area contributed by atoms with Gasteiger partial charge in [0.25, 0.3) is 0 Å². The fourth-order valence-electron chi connectivity index (χ4n) is 2.42. The molecule has 2 rings (SSSR count). The van der Waals surface area contributed by atoms with Crippen molar-refractivity contribution in [2.45, 2.75) is 19.4 Å². The van der Waals surface area contributed by atoms with Gasteiger partial charge in [0.05, 0.1) is 0 Å². The molecule has 0 bridgehead atoms. The van der Waals surface area contributed by atoms with Gasteiger partial charge in [-0.25, -0.2) is 9.78 Å². The summed E-state index contributed by atoms with van der Waals surface area (Å²) in [5.41, 5.74) is -0.367. The van der Waals surface area contributed by atoms with Crippen LogP contribution in [0.4, 0.5) is 0 Å². The van der Waals surface area contributed by atoms with Gasteiger partial charge in [-0.05, 0) is 36.8 Å². The summed E-state index contributed by atoms with van der Waals surface area (Å²) < 4.78 is 1.36. The summed E-state index contributed by atoms with van der Waals surface area (Å²) in [7, 11) is 0. The van der Waals surface area contributed by atoms with Crippen LogP contribution in [0.25, 0.3) is 0 Å². The van der Waals surface area contributed by atoms with Crippen molar-refractivity contribution < 1.29 is 4.79 Å². The van der Waals surface area contributed by atoms with Gasteiger partial charge >= 0.3 is 5.69 Å². The monoisotopic (exact) mass is 281 g/mol. The van der Waals surface area contributed by atoms with Crippen molar-refractivity contribution in [2.75, 3.05) is 25.1 Å². The Hall–Kier alpha value is -1.30. The summed E-state index contributed by atoms with van der Waals surface area (Å²) in [6, 6.07) is 1.67. The third kappa shape index (κ3) is 3.83. The van der Waals surface area contributed by atoms with Gasteiger partial charge in [-0.1, -0.05) is 0 Å². The summed E-state index contributed by atoms with van der Waals surface area (Å²) in [5.74, 6) is 1.69. The lowest BCUT2D eigenvalue weighted by Gasteiger charge is -2.32. The first kappa shape index (κ1) is 14.1. The molecule has 0 aromatic carbocycles. The minimum absolute atomic E-state index is 0.0147. The van der Waals surface area contributed by atoms with Crippen LogP contribution in [0, 0.1) is 5.92 Å². The number of nitrogens with zero attached hydrogens (tertiary/aromatic N) is 3. The smallest absolute Gasteiger partial charge is 0.341 e. The number of amides is 1. The molecule has 19 heavy (non-hydrogen) atoms. The van der Waals surface area contributed by atoms with Gasteiger partial charge in [0.2, 0.25) is 5.91 Å². The zero-order chi connectivity index (χ0) is 13.7. The lowest BCUT2D eigenvalue weighted by atomic mass is 10.00. The molecule has 1 unspecified atom stereocenters. The largest absolute Gasteiger partial charge is 0.347 e. The predicted molar refractivity (Wildman–Crippen MR) is 76.2 cm³/mol. The summed E-state index contributed by atoms with van der Waals surface area (Å²) in [6.07, 6.45) is 7.39. The SMILES string of the molecule is CSCC1CCCN(C(=O)Cn2cccnc2=O)C1. The first-order valence-corrected chi connectivity index (χ1v) is 7.88. The Morgan fingerprint density at radius 1 is 1.58 bits per heavy atom. The molecule has 1 aliphatic rings. The number of likely N-dealkylation sites (tertiary alicyclic amines) is 1. The van der Waals surface area contributed by atoms with Crippen LogP contribution in [-0.2, 0) is 11.3 Å². The van der Waals surface area contributed by atoms with Gasteiger partial charge in [-0.15, -0.1) is 0 Å². The molecule has 0 radical (unpaired) electrons. The van der Waals surface area contributed by atoms with E-state index in [0.717, 1.165) is 25.3 Å². The maximum atomic E-state index is 12.2. The number of hydrogen-bond acceptors (Lipinski definition) is 4. The van der Waals surface area contributed by atoms with E-state index in [1.165, 1.54) is 17.2 Å². The second-order valence-corrected chi connectivity index (χ2v) is 5.74. The first-order valence-electron chi connectivity index (χ1n) is 6.49. The number of carbonyl (C=O) groups excluding carboxylic acids is 1. The number of carbonyl (C=O) groups is 1. The minimum atomic E-state index is -0.367. The molecule has 1 amide bonds. The maximum Gasteiger partial charge on any atom is 0.347 e. The second-order valence-electron chi connectivity index (χ2n) is 4.83. The molecular formula is C13H19N3O2S. The Morgan fingerprint density at radius 2 is 2.42 bits per heavy atom. The lowest BCUT2D eigenvalue weighted by Crippen LogP contribution is -2.43. The standard InChI is InChI=1S/C13H19N3O2S/c1-19-10-11-4-2-6-15(8-11)12(17)9-16-7-3-5-14-13(16)18/h3,5,7,11H,2,4,6,8-10H2,1H3. The van der Waals surface area contributed by atoms with Crippen LogP contribution in [0.5, 0.6) is 0 Å². The highest BCUT2D eigenvalue weighted by Crippen LogP contribution is 2.19. The second kappa shape index (κ2) is 6.75. The Labute approximate surface area is 117 Å². The summed E-state index contributed by atoms with van der Waals surface area (Å²) in [6.45, 7) is 1.71. The van der Waals surface area contributed by atoms with Crippen molar-refractivity contribution in [3.63, 3.8) is 0 Å². The molecule has 1 fully saturated rings. The number of thioether (sulfide) groups is 1. The number of hydrogen-bond donors (Lipinski definition) is 0. The van der Waals surface area contributed by atoms with E-state index < -0.39 is 0 Å². The van der Waals surface area contributed by atoms with E-state index >= 15 is 0 Å². The van der Waals surface area contributed by atoms with E-state index in [2.05, 4.69) is 11.2 Å². The van der Waals surface area contributed by atoms with Crippen molar-refractivity contribution in [1.82, 2.24) is 14.5 Å². The minimum Gasteiger partial charge on any atom is -0.341 e. The van der Waals surface area contributed by atoms with Crippen LogP contribution in [-0.4, -0.2) is 45.5 Å².